The van der Waals surface area contributed by atoms with Crippen LogP contribution in [0.5, 0.6) is 0 Å². The molecule has 0 radical (unpaired) electrons. The molecule has 0 amide bonds. The SMILES string of the molecule is CSc1c(Br)cnc2ccsc12. The van der Waals surface area contributed by atoms with E-state index in [9.17, 15) is 0 Å². The number of hydrogen-bond donors (Lipinski definition) is 0. The summed E-state index contributed by atoms with van der Waals surface area (Å²) in [5.74, 6) is 0. The van der Waals surface area contributed by atoms with Gasteiger partial charge in [0.1, 0.15) is 0 Å². The van der Waals surface area contributed by atoms with E-state index in [1.807, 2.05) is 12.3 Å². The molecule has 2 aromatic heterocycles. The summed E-state index contributed by atoms with van der Waals surface area (Å²) in [6, 6.07) is 2.05. The van der Waals surface area contributed by atoms with E-state index in [4.69, 9.17) is 0 Å². The third kappa shape index (κ3) is 1.28. The molecule has 2 aromatic rings. The number of nitrogens with zero attached hydrogens (tertiary/aromatic N) is 1. The quantitative estimate of drug-likeness (QED) is 0.724. The van der Waals surface area contributed by atoms with Crippen molar-refractivity contribution in [3.63, 3.8) is 0 Å². The fourth-order valence-electron chi connectivity index (χ4n) is 1.06. The molecule has 0 unspecified atom stereocenters. The van der Waals surface area contributed by atoms with Gasteiger partial charge in [0.15, 0.2) is 0 Å². The largest absolute Gasteiger partial charge is 0.254 e. The highest BCUT2D eigenvalue weighted by Gasteiger charge is 2.06. The van der Waals surface area contributed by atoms with E-state index in [-0.39, 0.29) is 0 Å². The lowest BCUT2D eigenvalue weighted by Gasteiger charge is -2.00. The maximum atomic E-state index is 4.30. The normalized spacial score (nSPS) is 10.8. The minimum absolute atomic E-state index is 1.09. The van der Waals surface area contributed by atoms with Crippen molar-refractivity contribution < 1.29 is 0 Å². The van der Waals surface area contributed by atoms with E-state index in [1.165, 1.54) is 9.60 Å². The number of fused-ring (bicyclic) bond motifs is 1. The van der Waals surface area contributed by atoms with E-state index in [0.29, 0.717) is 0 Å². The highest BCUT2D eigenvalue weighted by Crippen LogP contribution is 2.34. The van der Waals surface area contributed by atoms with Crippen LogP contribution in [0.1, 0.15) is 0 Å². The number of aromatic nitrogens is 1. The third-order valence-electron chi connectivity index (χ3n) is 1.59. The average molecular weight is 260 g/mol. The first-order chi connectivity index (χ1) is 5.83. The lowest BCUT2D eigenvalue weighted by Crippen LogP contribution is -1.77. The topological polar surface area (TPSA) is 12.9 Å². The van der Waals surface area contributed by atoms with Gasteiger partial charge in [-0.25, -0.2) is 0 Å². The minimum atomic E-state index is 1.09. The number of halogens is 1. The Balaban J connectivity index is 2.83. The Bertz CT molecular complexity index is 410. The maximum Gasteiger partial charge on any atom is 0.0821 e. The molecule has 4 heteroatoms. The molecule has 2 heterocycles. The van der Waals surface area contributed by atoms with Crippen LogP contribution in [0.2, 0.25) is 0 Å². The van der Waals surface area contributed by atoms with Gasteiger partial charge in [0.2, 0.25) is 0 Å². The van der Waals surface area contributed by atoms with E-state index < -0.39 is 0 Å². The number of pyridine rings is 1. The first-order valence-corrected chi connectivity index (χ1v) is 6.28. The molecule has 0 aliphatic heterocycles. The van der Waals surface area contributed by atoms with E-state index in [0.717, 1.165) is 9.99 Å². The molecule has 0 spiro atoms. The van der Waals surface area contributed by atoms with Crippen molar-refractivity contribution >= 4 is 49.2 Å². The number of thioether (sulfide) groups is 1. The monoisotopic (exact) mass is 259 g/mol. The first-order valence-electron chi connectivity index (χ1n) is 3.38. The van der Waals surface area contributed by atoms with Crippen LogP contribution < -0.4 is 0 Å². The predicted octanol–water partition coefficient (Wildman–Crippen LogP) is 3.78. The van der Waals surface area contributed by atoms with Crippen LogP contribution in [0.25, 0.3) is 10.2 Å². The fourth-order valence-corrected chi connectivity index (χ4v) is 3.70. The zero-order valence-electron chi connectivity index (χ0n) is 6.37. The van der Waals surface area contributed by atoms with Gasteiger partial charge in [0, 0.05) is 11.1 Å². The molecule has 0 bridgehead atoms. The average Bonchev–Trinajstić information content (AvgIpc) is 2.52. The van der Waals surface area contributed by atoms with E-state index in [2.05, 4.69) is 32.5 Å². The van der Waals surface area contributed by atoms with Gasteiger partial charge in [-0.3, -0.25) is 4.98 Å². The van der Waals surface area contributed by atoms with Gasteiger partial charge in [0.25, 0.3) is 0 Å². The van der Waals surface area contributed by atoms with Gasteiger partial charge in [-0.05, 0) is 33.6 Å². The summed E-state index contributed by atoms with van der Waals surface area (Å²) in [5.41, 5.74) is 1.09. The maximum absolute atomic E-state index is 4.30. The van der Waals surface area contributed by atoms with Gasteiger partial charge in [0.05, 0.1) is 14.7 Å². The van der Waals surface area contributed by atoms with Crippen LogP contribution in [0.4, 0.5) is 0 Å². The van der Waals surface area contributed by atoms with Crippen molar-refractivity contribution in [3.05, 3.63) is 22.1 Å². The van der Waals surface area contributed by atoms with Gasteiger partial charge in [-0.1, -0.05) is 0 Å². The molecule has 62 valence electrons. The summed E-state index contributed by atoms with van der Waals surface area (Å²) in [6.45, 7) is 0. The third-order valence-corrected chi connectivity index (χ3v) is 4.34. The molecule has 0 aliphatic rings. The van der Waals surface area contributed by atoms with E-state index >= 15 is 0 Å². The van der Waals surface area contributed by atoms with Crippen molar-refractivity contribution in [2.24, 2.45) is 0 Å². The Labute approximate surface area is 87.3 Å². The molecule has 0 aromatic carbocycles. The van der Waals surface area contributed by atoms with Crippen LogP contribution in [-0.2, 0) is 0 Å². The van der Waals surface area contributed by atoms with Crippen LogP contribution in [0, 0.1) is 0 Å². The summed E-state index contributed by atoms with van der Waals surface area (Å²) in [5, 5.41) is 2.07. The summed E-state index contributed by atoms with van der Waals surface area (Å²) in [6.07, 6.45) is 3.94. The molecule has 1 nitrogen and oxygen atoms in total. The predicted molar refractivity (Wildman–Crippen MR) is 59.1 cm³/mol. The minimum Gasteiger partial charge on any atom is -0.254 e. The first kappa shape index (κ1) is 8.53. The van der Waals surface area contributed by atoms with Gasteiger partial charge >= 0.3 is 0 Å². The van der Waals surface area contributed by atoms with Crippen molar-refractivity contribution in [2.75, 3.05) is 6.26 Å². The Morgan fingerprint density at radius 1 is 1.58 bits per heavy atom. The zero-order chi connectivity index (χ0) is 8.55. The van der Waals surface area contributed by atoms with Crippen LogP contribution in [0.3, 0.4) is 0 Å². The summed E-state index contributed by atoms with van der Waals surface area (Å²) < 4.78 is 2.36. The second-order valence-corrected chi connectivity index (χ2v) is 4.86. The summed E-state index contributed by atoms with van der Waals surface area (Å²) in [7, 11) is 0. The van der Waals surface area contributed by atoms with Gasteiger partial charge in [-0.15, -0.1) is 23.1 Å². The van der Waals surface area contributed by atoms with Crippen molar-refractivity contribution in [1.82, 2.24) is 4.98 Å². The Morgan fingerprint density at radius 3 is 3.17 bits per heavy atom. The Hall–Kier alpha value is -0.0600. The zero-order valence-corrected chi connectivity index (χ0v) is 9.59. The molecule has 0 atom stereocenters. The van der Waals surface area contributed by atoms with Crippen LogP contribution >= 0.6 is 39.0 Å². The Kier molecular flexibility index (Phi) is 2.39. The molecule has 0 N–H and O–H groups in total. The smallest absolute Gasteiger partial charge is 0.0821 e. The van der Waals surface area contributed by atoms with Crippen LogP contribution in [-0.4, -0.2) is 11.2 Å². The number of hydrogen-bond acceptors (Lipinski definition) is 3. The van der Waals surface area contributed by atoms with Crippen LogP contribution in [0.15, 0.2) is 27.0 Å². The Morgan fingerprint density at radius 2 is 2.42 bits per heavy atom. The summed E-state index contributed by atoms with van der Waals surface area (Å²) >= 11 is 6.98. The van der Waals surface area contributed by atoms with E-state index in [1.54, 1.807) is 23.1 Å². The van der Waals surface area contributed by atoms with Gasteiger partial charge < -0.3 is 0 Å². The molecule has 0 saturated carbocycles. The molecule has 12 heavy (non-hydrogen) atoms. The lowest BCUT2D eigenvalue weighted by molar-refractivity contribution is 1.34. The fraction of sp³-hybridized carbons (Fsp3) is 0.125. The molecule has 2 rings (SSSR count). The molecule has 0 fully saturated rings. The molecule has 0 aliphatic carbocycles. The van der Waals surface area contributed by atoms with Gasteiger partial charge in [-0.2, -0.15) is 0 Å². The highest BCUT2D eigenvalue weighted by atomic mass is 79.9. The second-order valence-electron chi connectivity index (χ2n) is 2.27. The van der Waals surface area contributed by atoms with Crippen molar-refractivity contribution in [3.8, 4) is 0 Å². The summed E-state index contributed by atoms with van der Waals surface area (Å²) in [4.78, 5) is 5.59. The number of rotatable bonds is 1. The lowest BCUT2D eigenvalue weighted by atomic mass is 10.4. The molecule has 0 saturated heterocycles. The van der Waals surface area contributed by atoms with Crippen molar-refractivity contribution in [2.45, 2.75) is 4.90 Å². The number of thiophene rings is 1. The standard InChI is InChI=1S/C8H6BrNS2/c1-11-7-5(9)4-10-6-2-3-12-8(6)7/h2-4H,1H3. The van der Waals surface area contributed by atoms with Crippen molar-refractivity contribution in [1.29, 1.82) is 0 Å². The highest BCUT2D eigenvalue weighted by molar-refractivity contribution is 9.10. The second kappa shape index (κ2) is 3.36. The molecular formula is C8H6BrNS2. The molecular weight excluding hydrogens is 254 g/mol.